The van der Waals surface area contributed by atoms with Crippen LogP contribution in [0.15, 0.2) is 12.2 Å². The van der Waals surface area contributed by atoms with E-state index < -0.39 is 0 Å². The van der Waals surface area contributed by atoms with Gasteiger partial charge in [-0.2, -0.15) is 0 Å². The van der Waals surface area contributed by atoms with E-state index in [0.29, 0.717) is 6.42 Å². The van der Waals surface area contributed by atoms with Crippen LogP contribution in [0.5, 0.6) is 0 Å². The second kappa shape index (κ2) is 6.40. The average molecular weight is 184 g/mol. The summed E-state index contributed by atoms with van der Waals surface area (Å²) < 4.78 is 4.52. The van der Waals surface area contributed by atoms with Gasteiger partial charge in [0.25, 0.3) is 0 Å². The first-order valence-electron chi connectivity index (χ1n) is 4.30. The standard InChI is InChI=1S/C10H16O3/c1-8(7-10(12)13-3)5-4-6-9(2)11/h4,6,8H,5,7H2,1-3H3/b6-4+. The number of methoxy groups -OCH3 is 1. The molecule has 0 radical (unpaired) electrons. The molecular weight excluding hydrogens is 168 g/mol. The van der Waals surface area contributed by atoms with E-state index >= 15 is 0 Å². The molecule has 0 aliphatic carbocycles. The Morgan fingerprint density at radius 1 is 1.46 bits per heavy atom. The van der Waals surface area contributed by atoms with E-state index in [-0.39, 0.29) is 17.7 Å². The Morgan fingerprint density at radius 3 is 2.54 bits per heavy atom. The average Bonchev–Trinajstić information content (AvgIpc) is 2.03. The van der Waals surface area contributed by atoms with Crippen LogP contribution in [0, 0.1) is 5.92 Å². The number of hydrogen-bond acceptors (Lipinski definition) is 3. The Labute approximate surface area is 78.8 Å². The summed E-state index contributed by atoms with van der Waals surface area (Å²) in [7, 11) is 1.38. The van der Waals surface area contributed by atoms with Gasteiger partial charge in [0.05, 0.1) is 7.11 Å². The van der Waals surface area contributed by atoms with Crippen molar-refractivity contribution in [2.45, 2.75) is 26.7 Å². The summed E-state index contributed by atoms with van der Waals surface area (Å²) in [5.41, 5.74) is 0. The SMILES string of the molecule is COC(=O)CC(C)C/C=C/C(C)=O. The van der Waals surface area contributed by atoms with Gasteiger partial charge in [0, 0.05) is 6.42 Å². The number of ether oxygens (including phenoxy) is 1. The van der Waals surface area contributed by atoms with Crippen LogP contribution in [0.4, 0.5) is 0 Å². The van der Waals surface area contributed by atoms with E-state index in [0.717, 1.165) is 6.42 Å². The summed E-state index contributed by atoms with van der Waals surface area (Å²) in [6, 6.07) is 0. The number of allylic oxidation sites excluding steroid dienone is 2. The maximum absolute atomic E-state index is 10.8. The van der Waals surface area contributed by atoms with Crippen LogP contribution < -0.4 is 0 Å². The topological polar surface area (TPSA) is 43.4 Å². The van der Waals surface area contributed by atoms with Crippen molar-refractivity contribution in [1.82, 2.24) is 0 Å². The van der Waals surface area contributed by atoms with E-state index in [4.69, 9.17) is 0 Å². The smallest absolute Gasteiger partial charge is 0.305 e. The van der Waals surface area contributed by atoms with Gasteiger partial charge in [0.1, 0.15) is 0 Å². The van der Waals surface area contributed by atoms with Gasteiger partial charge in [-0.25, -0.2) is 0 Å². The molecule has 0 rings (SSSR count). The molecule has 74 valence electrons. The summed E-state index contributed by atoms with van der Waals surface area (Å²) >= 11 is 0. The molecule has 0 fully saturated rings. The van der Waals surface area contributed by atoms with Gasteiger partial charge in [-0.1, -0.05) is 13.0 Å². The highest BCUT2D eigenvalue weighted by Crippen LogP contribution is 2.08. The molecule has 0 amide bonds. The molecule has 0 heterocycles. The summed E-state index contributed by atoms with van der Waals surface area (Å²) in [4.78, 5) is 21.3. The molecule has 0 N–H and O–H groups in total. The third-order valence-electron chi connectivity index (χ3n) is 1.63. The van der Waals surface area contributed by atoms with E-state index in [1.54, 1.807) is 6.08 Å². The molecule has 0 aromatic heterocycles. The Balaban J connectivity index is 3.68. The molecular formula is C10H16O3. The first kappa shape index (κ1) is 11.9. The first-order chi connectivity index (χ1) is 6.06. The van der Waals surface area contributed by atoms with Crippen molar-refractivity contribution >= 4 is 11.8 Å². The third kappa shape index (κ3) is 7.25. The molecule has 0 aliphatic heterocycles. The lowest BCUT2D eigenvalue weighted by Gasteiger charge is -2.05. The minimum atomic E-state index is -0.205. The molecule has 0 saturated carbocycles. The highest BCUT2D eigenvalue weighted by Gasteiger charge is 2.06. The Kier molecular flexibility index (Phi) is 5.85. The molecule has 0 aromatic carbocycles. The maximum Gasteiger partial charge on any atom is 0.305 e. The molecule has 1 unspecified atom stereocenters. The van der Waals surface area contributed by atoms with Gasteiger partial charge < -0.3 is 4.74 Å². The van der Waals surface area contributed by atoms with Crippen LogP contribution in [-0.4, -0.2) is 18.9 Å². The highest BCUT2D eigenvalue weighted by atomic mass is 16.5. The predicted octanol–water partition coefficient (Wildman–Crippen LogP) is 1.72. The Hall–Kier alpha value is -1.12. The zero-order chi connectivity index (χ0) is 10.3. The van der Waals surface area contributed by atoms with Crippen LogP contribution >= 0.6 is 0 Å². The van der Waals surface area contributed by atoms with Gasteiger partial charge >= 0.3 is 5.97 Å². The van der Waals surface area contributed by atoms with Crippen molar-refractivity contribution < 1.29 is 14.3 Å². The molecule has 0 spiro atoms. The molecule has 0 bridgehead atoms. The maximum atomic E-state index is 10.8. The number of esters is 1. The van der Waals surface area contributed by atoms with Gasteiger partial charge in [-0.3, -0.25) is 9.59 Å². The molecule has 0 saturated heterocycles. The van der Waals surface area contributed by atoms with E-state index in [1.165, 1.54) is 20.1 Å². The monoisotopic (exact) mass is 184 g/mol. The van der Waals surface area contributed by atoms with Gasteiger partial charge in [0.15, 0.2) is 5.78 Å². The molecule has 13 heavy (non-hydrogen) atoms. The zero-order valence-electron chi connectivity index (χ0n) is 8.37. The van der Waals surface area contributed by atoms with E-state index in [1.807, 2.05) is 6.92 Å². The molecule has 3 heteroatoms. The van der Waals surface area contributed by atoms with Crippen LogP contribution in [0.25, 0.3) is 0 Å². The zero-order valence-corrected chi connectivity index (χ0v) is 8.37. The second-order valence-electron chi connectivity index (χ2n) is 3.13. The fourth-order valence-corrected chi connectivity index (χ4v) is 0.917. The summed E-state index contributed by atoms with van der Waals surface area (Å²) in [5.74, 6) is 0.0528. The number of carbonyl (C=O) groups excluding carboxylic acids is 2. The lowest BCUT2D eigenvalue weighted by atomic mass is 10.0. The molecule has 0 aliphatic rings. The van der Waals surface area contributed by atoms with Crippen molar-refractivity contribution in [2.75, 3.05) is 7.11 Å². The van der Waals surface area contributed by atoms with Gasteiger partial charge in [-0.05, 0) is 25.3 Å². The quantitative estimate of drug-likeness (QED) is 0.482. The predicted molar refractivity (Wildman–Crippen MR) is 50.2 cm³/mol. The van der Waals surface area contributed by atoms with E-state index in [9.17, 15) is 9.59 Å². The highest BCUT2D eigenvalue weighted by molar-refractivity contribution is 5.87. The molecule has 3 nitrogen and oxygen atoms in total. The van der Waals surface area contributed by atoms with Gasteiger partial charge in [0.2, 0.25) is 0 Å². The number of rotatable bonds is 5. The molecule has 1 atom stereocenters. The minimum absolute atomic E-state index is 0.0327. The molecule has 0 aromatic rings. The third-order valence-corrected chi connectivity index (χ3v) is 1.63. The summed E-state index contributed by atoms with van der Waals surface area (Å²) in [6.07, 6.45) is 4.44. The Morgan fingerprint density at radius 2 is 2.08 bits per heavy atom. The Bertz CT molecular complexity index is 206. The second-order valence-corrected chi connectivity index (χ2v) is 3.13. The van der Waals surface area contributed by atoms with Crippen LogP contribution in [-0.2, 0) is 14.3 Å². The van der Waals surface area contributed by atoms with Gasteiger partial charge in [-0.15, -0.1) is 0 Å². The van der Waals surface area contributed by atoms with Crippen molar-refractivity contribution in [2.24, 2.45) is 5.92 Å². The fourth-order valence-electron chi connectivity index (χ4n) is 0.917. The number of carbonyl (C=O) groups is 2. The number of ketones is 1. The van der Waals surface area contributed by atoms with E-state index in [2.05, 4.69) is 4.74 Å². The normalized spacial score (nSPS) is 12.8. The fraction of sp³-hybridized carbons (Fsp3) is 0.600. The minimum Gasteiger partial charge on any atom is -0.469 e. The lowest BCUT2D eigenvalue weighted by molar-refractivity contribution is -0.141. The van der Waals surface area contributed by atoms with Crippen LogP contribution in [0.1, 0.15) is 26.7 Å². The number of hydrogen-bond donors (Lipinski definition) is 0. The van der Waals surface area contributed by atoms with Crippen LogP contribution in [0.3, 0.4) is 0 Å². The van der Waals surface area contributed by atoms with Crippen LogP contribution in [0.2, 0.25) is 0 Å². The van der Waals surface area contributed by atoms with Crippen molar-refractivity contribution in [1.29, 1.82) is 0 Å². The summed E-state index contributed by atoms with van der Waals surface area (Å²) in [6.45, 7) is 3.45. The van der Waals surface area contributed by atoms with Crippen molar-refractivity contribution in [3.63, 3.8) is 0 Å². The lowest BCUT2D eigenvalue weighted by Crippen LogP contribution is -2.06. The van der Waals surface area contributed by atoms with Crippen molar-refractivity contribution in [3.8, 4) is 0 Å². The summed E-state index contributed by atoms with van der Waals surface area (Å²) in [5, 5.41) is 0. The van der Waals surface area contributed by atoms with Crippen molar-refractivity contribution in [3.05, 3.63) is 12.2 Å². The largest absolute Gasteiger partial charge is 0.469 e. The first-order valence-corrected chi connectivity index (χ1v) is 4.30.